The fourth-order valence-corrected chi connectivity index (χ4v) is 4.67. The Morgan fingerprint density at radius 2 is 1.81 bits per heavy atom. The molecular weight excluding hydrogens is 408 g/mol. The zero-order chi connectivity index (χ0) is 22.4. The zero-order valence-electron chi connectivity index (χ0n) is 18.3. The molecule has 0 bridgehead atoms. The minimum absolute atomic E-state index is 0.0582. The second-order valence-corrected chi connectivity index (χ2v) is 8.65. The summed E-state index contributed by atoms with van der Waals surface area (Å²) >= 11 is 0. The molecule has 1 aromatic heterocycles. The number of para-hydroxylation sites is 1. The highest BCUT2D eigenvalue weighted by atomic mass is 16.5. The van der Waals surface area contributed by atoms with Crippen molar-refractivity contribution >= 4 is 11.8 Å². The van der Waals surface area contributed by atoms with Gasteiger partial charge in [-0.25, -0.2) is 5.10 Å². The summed E-state index contributed by atoms with van der Waals surface area (Å²) in [5, 5.41) is 9.23. The van der Waals surface area contributed by atoms with E-state index in [9.17, 15) is 14.4 Å². The summed E-state index contributed by atoms with van der Waals surface area (Å²) in [6.45, 7) is 1.88. The monoisotopic (exact) mass is 438 g/mol. The van der Waals surface area contributed by atoms with E-state index in [0.717, 1.165) is 37.9 Å². The van der Waals surface area contributed by atoms with E-state index in [2.05, 4.69) is 21.6 Å². The zero-order valence-corrected chi connectivity index (χ0v) is 18.3. The largest absolute Gasteiger partial charge is 0.491 e. The molecule has 8 heteroatoms. The third kappa shape index (κ3) is 5.00. The van der Waals surface area contributed by atoms with Crippen LogP contribution in [0.15, 0.2) is 41.2 Å². The van der Waals surface area contributed by atoms with Gasteiger partial charge >= 0.3 is 0 Å². The fourth-order valence-electron chi connectivity index (χ4n) is 4.67. The van der Waals surface area contributed by atoms with Gasteiger partial charge in [0.25, 0.3) is 11.5 Å². The van der Waals surface area contributed by atoms with E-state index < -0.39 is 5.41 Å². The molecule has 1 fully saturated rings. The Hall–Kier alpha value is -3.16. The van der Waals surface area contributed by atoms with Crippen molar-refractivity contribution in [2.24, 2.45) is 5.41 Å². The van der Waals surface area contributed by atoms with Gasteiger partial charge in [-0.3, -0.25) is 14.4 Å². The molecule has 2 N–H and O–H groups in total. The van der Waals surface area contributed by atoms with E-state index in [-0.39, 0.29) is 23.1 Å². The normalized spacial score (nSPS) is 19.5. The molecule has 1 saturated heterocycles. The molecule has 8 nitrogen and oxygen atoms in total. The molecule has 1 aromatic carbocycles. The molecule has 1 spiro atoms. The number of H-pyrrole nitrogens is 1. The first kappa shape index (κ1) is 22.0. The maximum Gasteiger partial charge on any atom is 0.274 e. The van der Waals surface area contributed by atoms with E-state index in [1.165, 1.54) is 17.7 Å². The van der Waals surface area contributed by atoms with Gasteiger partial charge in [-0.15, -0.1) is 0 Å². The van der Waals surface area contributed by atoms with Crippen molar-refractivity contribution in [2.75, 3.05) is 26.2 Å². The molecule has 170 valence electrons. The molecule has 32 heavy (non-hydrogen) atoms. The molecule has 0 radical (unpaired) electrons. The van der Waals surface area contributed by atoms with Gasteiger partial charge in [0.2, 0.25) is 5.91 Å². The standard InChI is InChI=1S/C24H30N4O4/c29-21-10-9-19(26-27-21)22(30)28-15-12-24(13-16-28)11-5-1-2-6-18-7-3-4-8-20(18)32-17-14-25-23(24)31/h3-4,7-10H,1-2,5-6,11-17H2,(H,25,31)(H,27,29). The Morgan fingerprint density at radius 1 is 1.00 bits per heavy atom. The van der Waals surface area contributed by atoms with Crippen molar-refractivity contribution < 1.29 is 14.3 Å². The molecule has 2 amide bonds. The second kappa shape index (κ2) is 9.97. The lowest BCUT2D eigenvalue weighted by Gasteiger charge is -2.40. The van der Waals surface area contributed by atoms with E-state index in [4.69, 9.17) is 4.74 Å². The number of aromatic amines is 1. The van der Waals surface area contributed by atoms with Crippen LogP contribution in [-0.4, -0.2) is 53.2 Å². The van der Waals surface area contributed by atoms with Gasteiger partial charge in [-0.05, 0) is 49.8 Å². The van der Waals surface area contributed by atoms with Gasteiger partial charge in [0.1, 0.15) is 18.1 Å². The maximum absolute atomic E-state index is 13.2. The highest BCUT2D eigenvalue weighted by Gasteiger charge is 2.41. The number of likely N-dealkylation sites (tertiary alicyclic amines) is 1. The maximum atomic E-state index is 13.2. The van der Waals surface area contributed by atoms with Crippen LogP contribution in [0.3, 0.4) is 0 Å². The van der Waals surface area contributed by atoms with E-state index in [0.29, 0.717) is 39.1 Å². The number of carbonyl (C=O) groups excluding carboxylic acids is 2. The minimum atomic E-state index is -0.462. The summed E-state index contributed by atoms with van der Waals surface area (Å²) < 4.78 is 5.93. The first-order chi connectivity index (χ1) is 15.6. The van der Waals surface area contributed by atoms with Crippen LogP contribution >= 0.6 is 0 Å². The number of amides is 2. The van der Waals surface area contributed by atoms with Crippen molar-refractivity contribution in [2.45, 2.75) is 44.9 Å². The quantitative estimate of drug-likeness (QED) is 0.711. The summed E-state index contributed by atoms with van der Waals surface area (Å²) in [5.41, 5.74) is 0.634. The minimum Gasteiger partial charge on any atom is -0.491 e. The number of nitrogens with one attached hydrogen (secondary N) is 2. The van der Waals surface area contributed by atoms with E-state index in [1.807, 2.05) is 18.2 Å². The lowest BCUT2D eigenvalue weighted by molar-refractivity contribution is -0.134. The van der Waals surface area contributed by atoms with E-state index >= 15 is 0 Å². The number of aryl methyl sites for hydroxylation is 1. The lowest BCUT2D eigenvalue weighted by Crippen LogP contribution is -2.51. The molecule has 3 heterocycles. The highest BCUT2D eigenvalue weighted by Crippen LogP contribution is 2.38. The van der Waals surface area contributed by atoms with Gasteiger partial charge in [-0.2, -0.15) is 5.10 Å². The van der Waals surface area contributed by atoms with Crippen molar-refractivity contribution in [1.29, 1.82) is 0 Å². The molecule has 2 aliphatic rings. The molecule has 0 atom stereocenters. The smallest absolute Gasteiger partial charge is 0.274 e. The average Bonchev–Trinajstić information content (AvgIpc) is 2.83. The number of hydrogen-bond donors (Lipinski definition) is 2. The van der Waals surface area contributed by atoms with Gasteiger partial charge in [0.05, 0.1) is 12.0 Å². The predicted octanol–water partition coefficient (Wildman–Crippen LogP) is 2.30. The van der Waals surface area contributed by atoms with Crippen molar-refractivity contribution in [3.63, 3.8) is 0 Å². The summed E-state index contributed by atoms with van der Waals surface area (Å²) in [4.78, 5) is 38.9. The SMILES string of the molecule is O=C(c1ccc(=O)[nH]n1)N1CCC2(CCCCCc3ccccc3OCCNC2=O)CC1. The van der Waals surface area contributed by atoms with Crippen LogP contribution in [0.1, 0.15) is 54.6 Å². The number of carbonyl (C=O) groups is 2. The van der Waals surface area contributed by atoms with Crippen LogP contribution in [0.25, 0.3) is 0 Å². The van der Waals surface area contributed by atoms with Crippen LogP contribution in [0, 0.1) is 5.41 Å². The number of aromatic nitrogens is 2. The topological polar surface area (TPSA) is 104 Å². The van der Waals surface area contributed by atoms with E-state index in [1.54, 1.807) is 4.90 Å². The number of hydrogen-bond acceptors (Lipinski definition) is 5. The third-order valence-electron chi connectivity index (χ3n) is 6.61. The molecule has 0 aliphatic carbocycles. The molecule has 0 saturated carbocycles. The summed E-state index contributed by atoms with van der Waals surface area (Å²) in [5.74, 6) is 0.744. The number of fused-ring (bicyclic) bond motifs is 1. The first-order valence-corrected chi connectivity index (χ1v) is 11.4. The molecule has 2 aromatic rings. The van der Waals surface area contributed by atoms with Crippen molar-refractivity contribution in [1.82, 2.24) is 20.4 Å². The van der Waals surface area contributed by atoms with Gasteiger partial charge in [-0.1, -0.05) is 31.0 Å². The molecular formula is C24H30N4O4. The Balaban J connectivity index is 1.40. The number of nitrogens with zero attached hydrogens (tertiary/aromatic N) is 2. The third-order valence-corrected chi connectivity index (χ3v) is 6.61. The Kier molecular flexibility index (Phi) is 6.87. The molecule has 2 aliphatic heterocycles. The highest BCUT2D eigenvalue weighted by molar-refractivity contribution is 5.92. The van der Waals surface area contributed by atoms with Crippen molar-refractivity contribution in [3.05, 3.63) is 58.0 Å². The van der Waals surface area contributed by atoms with Crippen molar-refractivity contribution in [3.8, 4) is 5.75 Å². The molecule has 4 rings (SSSR count). The first-order valence-electron chi connectivity index (χ1n) is 11.4. The summed E-state index contributed by atoms with van der Waals surface area (Å²) in [7, 11) is 0. The van der Waals surface area contributed by atoms with Crippen LogP contribution in [-0.2, 0) is 11.2 Å². The fraction of sp³-hybridized carbons (Fsp3) is 0.500. The predicted molar refractivity (Wildman–Crippen MR) is 120 cm³/mol. The van der Waals surface area contributed by atoms with Crippen LogP contribution < -0.4 is 15.6 Å². The lowest BCUT2D eigenvalue weighted by atomic mass is 9.73. The van der Waals surface area contributed by atoms with Crippen LogP contribution in [0.2, 0.25) is 0 Å². The number of rotatable bonds is 1. The van der Waals surface area contributed by atoms with Gasteiger partial charge < -0.3 is 15.0 Å². The number of benzene rings is 1. The second-order valence-electron chi connectivity index (χ2n) is 8.65. The molecule has 0 unspecified atom stereocenters. The number of ether oxygens (including phenoxy) is 1. The van der Waals surface area contributed by atoms with Crippen LogP contribution in [0.5, 0.6) is 5.75 Å². The van der Waals surface area contributed by atoms with Gasteiger partial charge in [0.15, 0.2) is 0 Å². The summed E-state index contributed by atoms with van der Waals surface area (Å²) in [6.07, 6.45) is 6.11. The average molecular weight is 439 g/mol. The Bertz CT molecular complexity index is 991. The number of piperidine rings is 1. The van der Waals surface area contributed by atoms with Crippen LogP contribution in [0.4, 0.5) is 0 Å². The summed E-state index contributed by atoms with van der Waals surface area (Å²) in [6, 6.07) is 10.8. The van der Waals surface area contributed by atoms with Gasteiger partial charge in [0, 0.05) is 19.2 Å². The Labute approximate surface area is 187 Å². The Morgan fingerprint density at radius 3 is 2.59 bits per heavy atom.